The van der Waals surface area contributed by atoms with Gasteiger partial charge in [-0.05, 0) is 94.0 Å². The molecule has 0 saturated heterocycles. The maximum atomic E-state index is 15.0. The number of phenols is 1. The number of aromatic carboxylic acids is 1. The van der Waals surface area contributed by atoms with E-state index in [4.69, 9.17) is 27.9 Å². The molecule has 3 aromatic heterocycles. The Morgan fingerprint density at radius 2 is 1.67 bits per heavy atom. The number of aromatic hydroxyl groups is 1. The average Bonchev–Trinajstić information content (AvgIpc) is 3.67. The molecule has 2 N–H and O–H groups in total. The van der Waals surface area contributed by atoms with E-state index < -0.39 is 5.97 Å². The molecular formula is C40H40Cl2N4O5. The van der Waals surface area contributed by atoms with Gasteiger partial charge >= 0.3 is 5.97 Å². The zero-order valence-corrected chi connectivity index (χ0v) is 31.2. The fraction of sp³-hybridized carbons (Fsp3) is 0.300. The lowest BCUT2D eigenvalue weighted by molar-refractivity contribution is 0.0686. The molecule has 3 aromatic carbocycles. The van der Waals surface area contributed by atoms with E-state index in [9.17, 15) is 19.8 Å². The summed E-state index contributed by atoms with van der Waals surface area (Å²) < 4.78 is 11.9. The first kappa shape index (κ1) is 34.6. The van der Waals surface area contributed by atoms with Gasteiger partial charge in [-0.2, -0.15) is 0 Å². The molecule has 1 aliphatic heterocycles. The van der Waals surface area contributed by atoms with Gasteiger partial charge in [-0.3, -0.25) is 4.79 Å². The van der Waals surface area contributed by atoms with Gasteiger partial charge in [0.2, 0.25) is 0 Å². The number of benzene rings is 3. The largest absolute Gasteiger partial charge is 0.508 e. The van der Waals surface area contributed by atoms with E-state index in [2.05, 4.69) is 36.1 Å². The van der Waals surface area contributed by atoms with Gasteiger partial charge in [0.15, 0.2) is 0 Å². The molecule has 6 aromatic rings. The number of carbonyl (C=O) groups is 2. The van der Waals surface area contributed by atoms with Gasteiger partial charge in [0.1, 0.15) is 22.9 Å². The third kappa shape index (κ3) is 5.54. The van der Waals surface area contributed by atoms with Crippen LogP contribution in [0, 0.1) is 27.7 Å². The number of rotatable bonds is 8. The molecular weight excluding hydrogens is 687 g/mol. The topological polar surface area (TPSA) is 102 Å². The third-order valence-electron chi connectivity index (χ3n) is 10.4. The Hall–Kier alpha value is -4.86. The van der Waals surface area contributed by atoms with Crippen molar-refractivity contribution in [2.75, 3.05) is 18.1 Å². The highest BCUT2D eigenvalue weighted by Gasteiger charge is 2.37. The molecule has 0 radical (unpaired) electrons. The predicted octanol–water partition coefficient (Wildman–Crippen LogP) is 9.32. The number of fused-ring (bicyclic) bond motifs is 4. The molecule has 0 unspecified atom stereocenters. The molecule has 0 fully saturated rings. The molecule has 1 atom stereocenters. The summed E-state index contributed by atoms with van der Waals surface area (Å²) >= 11 is 13.5. The quantitative estimate of drug-likeness (QED) is 0.152. The Balaban J connectivity index is 1.39. The number of carbonyl (C=O) groups excluding carboxylic acids is 1. The van der Waals surface area contributed by atoms with Crippen LogP contribution in [0.25, 0.3) is 32.9 Å². The number of anilines is 1. The highest BCUT2D eigenvalue weighted by molar-refractivity contribution is 6.35. The van der Waals surface area contributed by atoms with Gasteiger partial charge in [-0.1, -0.05) is 29.3 Å². The van der Waals surface area contributed by atoms with Crippen molar-refractivity contribution in [2.45, 2.75) is 53.5 Å². The van der Waals surface area contributed by atoms with Gasteiger partial charge in [0, 0.05) is 77.6 Å². The van der Waals surface area contributed by atoms with E-state index in [1.807, 2.05) is 45.2 Å². The number of ether oxygens (including phenoxy) is 1. The van der Waals surface area contributed by atoms with Crippen molar-refractivity contribution in [1.29, 1.82) is 0 Å². The monoisotopic (exact) mass is 726 g/mol. The van der Waals surface area contributed by atoms with E-state index in [0.29, 0.717) is 53.3 Å². The molecule has 9 nitrogen and oxygen atoms in total. The summed E-state index contributed by atoms with van der Waals surface area (Å²) in [5.74, 6) is -0.645. The van der Waals surface area contributed by atoms with E-state index in [1.54, 1.807) is 24.1 Å². The molecule has 264 valence electrons. The summed E-state index contributed by atoms with van der Waals surface area (Å²) in [7, 11) is 3.65. The zero-order chi connectivity index (χ0) is 36.6. The number of hydrogen-bond donors (Lipinski definition) is 2. The number of carboxylic acids is 1. The van der Waals surface area contributed by atoms with E-state index in [-0.39, 0.29) is 23.4 Å². The highest BCUT2D eigenvalue weighted by atomic mass is 35.5. The summed E-state index contributed by atoms with van der Waals surface area (Å²) in [6, 6.07) is 12.2. The minimum absolute atomic E-state index is 0.0584. The molecule has 1 aliphatic rings. The van der Waals surface area contributed by atoms with Crippen LogP contribution in [-0.4, -0.2) is 48.9 Å². The van der Waals surface area contributed by atoms with Crippen LogP contribution in [0.5, 0.6) is 11.5 Å². The Morgan fingerprint density at radius 1 is 0.961 bits per heavy atom. The number of halogens is 2. The standard InChI is InChI=1S/C40H40Cl2N4O5/c1-20-13-26(14-21(2)36(20)42)51-12-8-9-27-28-10-11-30(41)35(34-22(3)18-43(6)24(34)5)37(28)46-23(4)19-45(39(48)38(27)46)32-16-25(47)15-31-29(32)17-33(40(49)50)44(31)7/h10-11,13-18,23,47H,8-9,12,19H2,1-7H3,(H,49,50)/t23-/m1/s1. The summed E-state index contributed by atoms with van der Waals surface area (Å²) in [5.41, 5.74) is 9.35. The fourth-order valence-electron chi connectivity index (χ4n) is 7.92. The van der Waals surface area contributed by atoms with Crippen molar-refractivity contribution in [3.8, 4) is 22.6 Å². The molecule has 11 heteroatoms. The molecule has 0 spiro atoms. The minimum atomic E-state index is -1.10. The third-order valence-corrected chi connectivity index (χ3v) is 11.3. The van der Waals surface area contributed by atoms with Crippen molar-refractivity contribution in [1.82, 2.24) is 13.7 Å². The maximum absolute atomic E-state index is 15.0. The molecule has 0 bridgehead atoms. The maximum Gasteiger partial charge on any atom is 0.352 e. The van der Waals surface area contributed by atoms with Gasteiger partial charge < -0.3 is 33.6 Å². The molecule has 7 rings (SSSR count). The van der Waals surface area contributed by atoms with Crippen LogP contribution in [0.3, 0.4) is 0 Å². The van der Waals surface area contributed by atoms with Crippen molar-refractivity contribution >= 4 is 62.6 Å². The lowest BCUT2D eigenvalue weighted by atomic mass is 9.97. The first-order valence-corrected chi connectivity index (χ1v) is 17.7. The Morgan fingerprint density at radius 3 is 2.31 bits per heavy atom. The minimum Gasteiger partial charge on any atom is -0.508 e. The summed E-state index contributed by atoms with van der Waals surface area (Å²) in [5, 5.41) is 23.5. The molecule has 0 aliphatic carbocycles. The second-order valence-corrected chi connectivity index (χ2v) is 14.6. The van der Waals surface area contributed by atoms with Crippen LogP contribution < -0.4 is 9.64 Å². The molecule has 4 heterocycles. The number of nitrogens with zero attached hydrogens (tertiary/aromatic N) is 4. The Bertz CT molecular complexity index is 2410. The Kier molecular flexibility index (Phi) is 8.63. The van der Waals surface area contributed by atoms with Gasteiger partial charge in [-0.15, -0.1) is 0 Å². The summed E-state index contributed by atoms with van der Waals surface area (Å²) in [6.07, 6.45) is 3.27. The predicted molar refractivity (Wildman–Crippen MR) is 204 cm³/mol. The van der Waals surface area contributed by atoms with Crippen LogP contribution in [0.2, 0.25) is 10.0 Å². The molecule has 0 saturated carbocycles. The number of amides is 1. The van der Waals surface area contributed by atoms with E-state index >= 15 is 0 Å². The average molecular weight is 728 g/mol. The zero-order valence-electron chi connectivity index (χ0n) is 29.7. The van der Waals surface area contributed by atoms with E-state index in [0.717, 1.165) is 60.7 Å². The van der Waals surface area contributed by atoms with Crippen LogP contribution >= 0.6 is 23.2 Å². The number of phenolic OH excluding ortho intramolecular Hbond substituents is 1. The van der Waals surface area contributed by atoms with Gasteiger partial charge in [0.25, 0.3) is 5.91 Å². The summed E-state index contributed by atoms with van der Waals surface area (Å²) in [4.78, 5) is 28.7. The number of carboxylic acid groups (broad SMARTS) is 1. The SMILES string of the molecule is Cc1cc(OCCCc2c3n(c4c(-c5c(C)cn(C)c5C)c(Cl)ccc24)[C@H](C)CN(c2cc(O)cc4c2cc(C(=O)O)n4C)C3=O)cc(C)c1Cl. The first-order valence-electron chi connectivity index (χ1n) is 16.9. The molecule has 51 heavy (non-hydrogen) atoms. The number of hydrogen-bond acceptors (Lipinski definition) is 4. The van der Waals surface area contributed by atoms with Crippen molar-refractivity contribution in [3.63, 3.8) is 0 Å². The Labute approximate surface area is 306 Å². The first-order chi connectivity index (χ1) is 24.2. The lowest BCUT2D eigenvalue weighted by Crippen LogP contribution is -2.42. The fourth-order valence-corrected chi connectivity index (χ4v) is 8.28. The van der Waals surface area contributed by atoms with Crippen LogP contribution in [0.15, 0.2) is 48.7 Å². The molecule has 1 amide bonds. The van der Waals surface area contributed by atoms with Crippen molar-refractivity contribution in [3.05, 3.63) is 98.0 Å². The normalized spacial score (nSPS) is 14.6. The van der Waals surface area contributed by atoms with Crippen LogP contribution in [0.4, 0.5) is 5.69 Å². The van der Waals surface area contributed by atoms with Gasteiger partial charge in [-0.25, -0.2) is 4.79 Å². The van der Waals surface area contributed by atoms with Gasteiger partial charge in [0.05, 0.1) is 28.4 Å². The number of aryl methyl sites for hydroxylation is 6. The van der Waals surface area contributed by atoms with Crippen molar-refractivity contribution in [2.24, 2.45) is 14.1 Å². The lowest BCUT2D eigenvalue weighted by Gasteiger charge is -2.34. The number of aromatic nitrogens is 3. The van der Waals surface area contributed by atoms with E-state index in [1.165, 1.54) is 10.6 Å². The smallest absolute Gasteiger partial charge is 0.352 e. The summed E-state index contributed by atoms with van der Waals surface area (Å²) in [6.45, 7) is 10.8. The van der Waals surface area contributed by atoms with Crippen molar-refractivity contribution < 1.29 is 24.5 Å². The highest BCUT2D eigenvalue weighted by Crippen LogP contribution is 2.46. The second-order valence-electron chi connectivity index (χ2n) is 13.8. The van der Waals surface area contributed by atoms with Crippen LogP contribution in [-0.2, 0) is 20.5 Å². The van der Waals surface area contributed by atoms with Crippen LogP contribution in [0.1, 0.15) is 68.3 Å². The second kappa shape index (κ2) is 12.7.